The Kier molecular flexibility index (Phi) is 2.66. The lowest BCUT2D eigenvalue weighted by Gasteiger charge is -2.00. The number of hydrogen-bond donors (Lipinski definition) is 0. The smallest absolute Gasteiger partial charge is 0.129 e. The summed E-state index contributed by atoms with van der Waals surface area (Å²) in [5.74, 6) is 0. The molecular formula is C9H10ClN. The number of halogens is 1. The Morgan fingerprint density at radius 1 is 1.64 bits per heavy atom. The van der Waals surface area contributed by atoms with E-state index in [9.17, 15) is 0 Å². The molecular weight excluding hydrogens is 158 g/mol. The van der Waals surface area contributed by atoms with Crippen molar-refractivity contribution >= 4 is 17.7 Å². The maximum atomic E-state index is 5.71. The van der Waals surface area contributed by atoms with Crippen LogP contribution in [0.4, 0.5) is 0 Å². The van der Waals surface area contributed by atoms with Crippen molar-refractivity contribution in [3.8, 4) is 0 Å². The molecule has 58 valence electrons. The fourth-order valence-electron chi connectivity index (χ4n) is 0.955. The van der Waals surface area contributed by atoms with Crippen molar-refractivity contribution in [2.24, 2.45) is 0 Å². The highest BCUT2D eigenvalue weighted by Crippen LogP contribution is 2.12. The van der Waals surface area contributed by atoms with Gasteiger partial charge in [0.25, 0.3) is 0 Å². The molecule has 1 nitrogen and oxygen atoms in total. The van der Waals surface area contributed by atoms with Crippen LogP contribution in [0.2, 0.25) is 5.15 Å². The van der Waals surface area contributed by atoms with E-state index < -0.39 is 0 Å². The zero-order valence-corrected chi connectivity index (χ0v) is 7.23. The summed E-state index contributed by atoms with van der Waals surface area (Å²) >= 11 is 5.71. The monoisotopic (exact) mass is 167 g/mol. The van der Waals surface area contributed by atoms with Gasteiger partial charge in [0.15, 0.2) is 0 Å². The van der Waals surface area contributed by atoms with Gasteiger partial charge in [0, 0.05) is 5.69 Å². The van der Waals surface area contributed by atoms with E-state index in [-0.39, 0.29) is 0 Å². The molecule has 0 saturated carbocycles. The maximum Gasteiger partial charge on any atom is 0.129 e. The van der Waals surface area contributed by atoms with E-state index in [4.69, 9.17) is 11.6 Å². The van der Waals surface area contributed by atoms with E-state index in [1.165, 1.54) is 0 Å². The molecule has 0 saturated heterocycles. The van der Waals surface area contributed by atoms with Crippen LogP contribution in [0.3, 0.4) is 0 Å². The molecule has 0 atom stereocenters. The molecule has 1 aromatic heterocycles. The van der Waals surface area contributed by atoms with Crippen molar-refractivity contribution in [3.05, 3.63) is 35.1 Å². The molecule has 11 heavy (non-hydrogen) atoms. The molecule has 0 radical (unpaired) electrons. The Bertz CT molecular complexity index is 268. The standard InChI is InChI=1S/C9H10ClN/c1-3-7-5-6-9(10)11-8(7)4-2/h3,5-6H,1,4H2,2H3. The summed E-state index contributed by atoms with van der Waals surface area (Å²) in [6, 6.07) is 3.71. The largest absolute Gasteiger partial charge is 0.241 e. The van der Waals surface area contributed by atoms with Crippen LogP contribution in [-0.2, 0) is 6.42 Å². The molecule has 0 aliphatic carbocycles. The number of aryl methyl sites for hydroxylation is 1. The molecule has 0 unspecified atom stereocenters. The Balaban J connectivity index is 3.16. The molecule has 0 aromatic carbocycles. The van der Waals surface area contributed by atoms with Crippen LogP contribution in [0.25, 0.3) is 6.08 Å². The first kappa shape index (κ1) is 8.28. The highest BCUT2D eigenvalue weighted by Gasteiger charge is 1.98. The molecule has 1 rings (SSSR count). The summed E-state index contributed by atoms with van der Waals surface area (Å²) < 4.78 is 0. The summed E-state index contributed by atoms with van der Waals surface area (Å²) in [5.41, 5.74) is 2.07. The van der Waals surface area contributed by atoms with E-state index in [1.807, 2.05) is 13.0 Å². The summed E-state index contributed by atoms with van der Waals surface area (Å²) in [4.78, 5) is 4.16. The minimum atomic E-state index is 0.549. The first-order valence-electron chi connectivity index (χ1n) is 3.55. The van der Waals surface area contributed by atoms with Gasteiger partial charge in [-0.1, -0.05) is 37.2 Å². The van der Waals surface area contributed by atoms with Crippen molar-refractivity contribution in [1.82, 2.24) is 4.98 Å². The lowest BCUT2D eigenvalue weighted by Crippen LogP contribution is -1.90. The Labute approximate surface area is 71.7 Å². The van der Waals surface area contributed by atoms with Crippen LogP contribution < -0.4 is 0 Å². The minimum absolute atomic E-state index is 0.549. The van der Waals surface area contributed by atoms with E-state index >= 15 is 0 Å². The Morgan fingerprint density at radius 2 is 2.36 bits per heavy atom. The van der Waals surface area contributed by atoms with Gasteiger partial charge >= 0.3 is 0 Å². The van der Waals surface area contributed by atoms with Crippen molar-refractivity contribution in [2.45, 2.75) is 13.3 Å². The van der Waals surface area contributed by atoms with Crippen molar-refractivity contribution in [2.75, 3.05) is 0 Å². The number of rotatable bonds is 2. The van der Waals surface area contributed by atoms with Gasteiger partial charge in [-0.25, -0.2) is 4.98 Å². The van der Waals surface area contributed by atoms with Gasteiger partial charge in [0.1, 0.15) is 5.15 Å². The fourth-order valence-corrected chi connectivity index (χ4v) is 1.12. The maximum absolute atomic E-state index is 5.71. The second-order valence-corrected chi connectivity index (χ2v) is 2.61. The number of hydrogen-bond acceptors (Lipinski definition) is 1. The third kappa shape index (κ3) is 1.81. The highest BCUT2D eigenvalue weighted by molar-refractivity contribution is 6.29. The van der Waals surface area contributed by atoms with E-state index in [2.05, 4.69) is 11.6 Å². The zero-order chi connectivity index (χ0) is 8.27. The van der Waals surface area contributed by atoms with Gasteiger partial charge in [-0.2, -0.15) is 0 Å². The van der Waals surface area contributed by atoms with Gasteiger partial charge in [-0.3, -0.25) is 0 Å². The van der Waals surface area contributed by atoms with Crippen molar-refractivity contribution in [1.29, 1.82) is 0 Å². The predicted octanol–water partition coefficient (Wildman–Crippen LogP) is 2.94. The number of aromatic nitrogens is 1. The predicted molar refractivity (Wildman–Crippen MR) is 48.7 cm³/mol. The minimum Gasteiger partial charge on any atom is -0.241 e. The summed E-state index contributed by atoms with van der Waals surface area (Å²) in [6.45, 7) is 5.73. The van der Waals surface area contributed by atoms with Crippen molar-refractivity contribution in [3.63, 3.8) is 0 Å². The Hall–Kier alpha value is -0.820. The number of nitrogens with zero attached hydrogens (tertiary/aromatic N) is 1. The van der Waals surface area contributed by atoms with Crippen LogP contribution >= 0.6 is 11.6 Å². The first-order valence-corrected chi connectivity index (χ1v) is 3.93. The summed E-state index contributed by atoms with van der Waals surface area (Å²) in [6.07, 6.45) is 2.68. The molecule has 0 aliphatic rings. The lowest BCUT2D eigenvalue weighted by molar-refractivity contribution is 1.03. The molecule has 2 heteroatoms. The Morgan fingerprint density at radius 3 is 2.91 bits per heavy atom. The van der Waals surface area contributed by atoms with Crippen LogP contribution in [0.5, 0.6) is 0 Å². The second kappa shape index (κ2) is 3.54. The number of pyridine rings is 1. The van der Waals surface area contributed by atoms with Crippen LogP contribution in [0, 0.1) is 0 Å². The topological polar surface area (TPSA) is 12.9 Å². The molecule has 0 N–H and O–H groups in total. The molecule has 0 fully saturated rings. The first-order chi connectivity index (χ1) is 5.27. The average Bonchev–Trinajstić information content (AvgIpc) is 2.04. The zero-order valence-electron chi connectivity index (χ0n) is 6.47. The fraction of sp³-hybridized carbons (Fsp3) is 0.222. The summed E-state index contributed by atoms with van der Waals surface area (Å²) in [5, 5.41) is 0.549. The average molecular weight is 168 g/mol. The van der Waals surface area contributed by atoms with Gasteiger partial charge in [-0.15, -0.1) is 0 Å². The van der Waals surface area contributed by atoms with E-state index in [1.54, 1.807) is 12.1 Å². The SMILES string of the molecule is C=Cc1ccc(Cl)nc1CC. The van der Waals surface area contributed by atoms with Gasteiger partial charge in [0.05, 0.1) is 0 Å². The molecule has 0 bridgehead atoms. The summed E-state index contributed by atoms with van der Waals surface area (Å²) in [7, 11) is 0. The normalized spacial score (nSPS) is 9.64. The van der Waals surface area contributed by atoms with E-state index in [0.29, 0.717) is 5.15 Å². The van der Waals surface area contributed by atoms with Gasteiger partial charge in [0.2, 0.25) is 0 Å². The third-order valence-electron chi connectivity index (χ3n) is 1.53. The molecule has 0 aliphatic heterocycles. The van der Waals surface area contributed by atoms with Gasteiger partial charge < -0.3 is 0 Å². The molecule has 0 amide bonds. The quantitative estimate of drug-likeness (QED) is 0.618. The second-order valence-electron chi connectivity index (χ2n) is 2.23. The third-order valence-corrected chi connectivity index (χ3v) is 1.74. The molecule has 1 aromatic rings. The van der Waals surface area contributed by atoms with Crippen LogP contribution in [-0.4, -0.2) is 4.98 Å². The lowest BCUT2D eigenvalue weighted by atomic mass is 10.1. The van der Waals surface area contributed by atoms with Crippen molar-refractivity contribution < 1.29 is 0 Å². The van der Waals surface area contributed by atoms with Gasteiger partial charge in [-0.05, 0) is 18.1 Å². The van der Waals surface area contributed by atoms with Crippen LogP contribution in [0.1, 0.15) is 18.2 Å². The van der Waals surface area contributed by atoms with E-state index in [0.717, 1.165) is 17.7 Å². The molecule has 1 heterocycles. The van der Waals surface area contributed by atoms with Crippen LogP contribution in [0.15, 0.2) is 18.7 Å². The molecule has 0 spiro atoms. The highest BCUT2D eigenvalue weighted by atomic mass is 35.5.